The lowest BCUT2D eigenvalue weighted by molar-refractivity contribution is -0.0361. The number of aryl methyl sites for hydroxylation is 1. The number of nitrogens with one attached hydrogen (secondary N) is 1. The summed E-state index contributed by atoms with van der Waals surface area (Å²) in [6.45, 7) is 7.00. The molecule has 1 aliphatic heterocycles. The Labute approximate surface area is 160 Å². The van der Waals surface area contributed by atoms with E-state index in [1.54, 1.807) is 0 Å². The Balaban J connectivity index is 1.47. The van der Waals surface area contributed by atoms with Gasteiger partial charge in [0.25, 0.3) is 5.91 Å². The average Bonchev–Trinajstić information content (AvgIpc) is 3.15. The molecule has 1 N–H and O–H groups in total. The second-order valence-electron chi connectivity index (χ2n) is 7.68. The highest BCUT2D eigenvalue weighted by Crippen LogP contribution is 2.34. The van der Waals surface area contributed by atoms with Crippen molar-refractivity contribution in [3.05, 3.63) is 23.8 Å². The van der Waals surface area contributed by atoms with Crippen LogP contribution >= 0.6 is 0 Å². The van der Waals surface area contributed by atoms with Crippen LogP contribution in [0.2, 0.25) is 0 Å². The summed E-state index contributed by atoms with van der Waals surface area (Å²) in [6, 6.07) is 5.65. The smallest absolute Gasteiger partial charge is 0.251 e. The Hall–Kier alpha value is -1.99. The Bertz CT molecular complexity index is 791. The zero-order valence-electron chi connectivity index (χ0n) is 16.1. The standard InChI is InChI=1S/C20H29N5O2/c1-2-25-18-7-6-16(14-17(18)22-23-25)19(26)21-15-20(8-4-3-5-9-20)24-10-12-27-13-11-24/h6-7,14H,2-5,8-13,15H2,1H3,(H,21,26). The molecule has 1 saturated carbocycles. The minimum Gasteiger partial charge on any atom is -0.379 e. The molecule has 1 aliphatic carbocycles. The van der Waals surface area contributed by atoms with Gasteiger partial charge in [-0.2, -0.15) is 0 Å². The highest BCUT2D eigenvalue weighted by atomic mass is 16.5. The van der Waals surface area contributed by atoms with E-state index in [1.807, 2.05) is 29.8 Å². The molecule has 1 amide bonds. The molecule has 4 rings (SSSR count). The van der Waals surface area contributed by atoms with E-state index >= 15 is 0 Å². The van der Waals surface area contributed by atoms with E-state index < -0.39 is 0 Å². The number of amides is 1. The maximum atomic E-state index is 12.8. The molecule has 7 heteroatoms. The van der Waals surface area contributed by atoms with Crippen molar-refractivity contribution in [1.82, 2.24) is 25.2 Å². The van der Waals surface area contributed by atoms with Gasteiger partial charge in [0.05, 0.1) is 18.7 Å². The number of aromatic nitrogens is 3. The molecule has 2 heterocycles. The van der Waals surface area contributed by atoms with Gasteiger partial charge in [-0.15, -0.1) is 5.10 Å². The van der Waals surface area contributed by atoms with Gasteiger partial charge in [-0.1, -0.05) is 24.5 Å². The van der Waals surface area contributed by atoms with Crippen molar-refractivity contribution in [2.75, 3.05) is 32.8 Å². The number of carbonyl (C=O) groups excluding carboxylic acids is 1. The van der Waals surface area contributed by atoms with Crippen molar-refractivity contribution in [2.24, 2.45) is 0 Å². The van der Waals surface area contributed by atoms with Crippen LogP contribution < -0.4 is 5.32 Å². The first kappa shape index (κ1) is 18.4. The number of carbonyl (C=O) groups is 1. The van der Waals surface area contributed by atoms with Crippen molar-refractivity contribution in [3.8, 4) is 0 Å². The summed E-state index contributed by atoms with van der Waals surface area (Å²) >= 11 is 0. The molecule has 2 aliphatic rings. The summed E-state index contributed by atoms with van der Waals surface area (Å²) < 4.78 is 7.38. The van der Waals surface area contributed by atoms with E-state index in [0.717, 1.165) is 56.7 Å². The van der Waals surface area contributed by atoms with Gasteiger partial charge in [0, 0.05) is 37.3 Å². The summed E-state index contributed by atoms with van der Waals surface area (Å²) in [5.41, 5.74) is 2.46. The minimum atomic E-state index is -0.0267. The lowest BCUT2D eigenvalue weighted by atomic mass is 9.79. The topological polar surface area (TPSA) is 72.3 Å². The monoisotopic (exact) mass is 371 g/mol. The molecule has 2 fully saturated rings. The van der Waals surface area contributed by atoms with Crippen LogP contribution in [0.25, 0.3) is 11.0 Å². The van der Waals surface area contributed by atoms with Gasteiger partial charge in [0.15, 0.2) is 0 Å². The number of nitrogens with zero attached hydrogens (tertiary/aromatic N) is 4. The van der Waals surface area contributed by atoms with Crippen LogP contribution in [0, 0.1) is 0 Å². The van der Waals surface area contributed by atoms with Gasteiger partial charge in [0.2, 0.25) is 0 Å². The fourth-order valence-corrected chi connectivity index (χ4v) is 4.55. The third-order valence-electron chi connectivity index (χ3n) is 6.12. The van der Waals surface area contributed by atoms with Crippen molar-refractivity contribution in [2.45, 2.75) is 51.1 Å². The van der Waals surface area contributed by atoms with Crippen molar-refractivity contribution in [1.29, 1.82) is 0 Å². The number of morpholine rings is 1. The number of ether oxygens (including phenoxy) is 1. The molecule has 7 nitrogen and oxygen atoms in total. The summed E-state index contributed by atoms with van der Waals surface area (Å²) in [6.07, 6.45) is 6.07. The van der Waals surface area contributed by atoms with Crippen LogP contribution in [0.3, 0.4) is 0 Å². The lowest BCUT2D eigenvalue weighted by Crippen LogP contribution is -2.59. The van der Waals surface area contributed by atoms with Gasteiger partial charge in [-0.25, -0.2) is 4.68 Å². The Morgan fingerprint density at radius 1 is 1.22 bits per heavy atom. The minimum absolute atomic E-state index is 0.0267. The molecule has 1 aromatic carbocycles. The van der Waals surface area contributed by atoms with Gasteiger partial charge in [-0.3, -0.25) is 9.69 Å². The van der Waals surface area contributed by atoms with Crippen LogP contribution in [0.1, 0.15) is 49.4 Å². The van der Waals surface area contributed by atoms with Crippen LogP contribution in [-0.4, -0.2) is 64.2 Å². The number of hydrogen-bond acceptors (Lipinski definition) is 5. The van der Waals surface area contributed by atoms with Crippen LogP contribution in [0.5, 0.6) is 0 Å². The van der Waals surface area contributed by atoms with E-state index in [9.17, 15) is 4.79 Å². The molecule has 27 heavy (non-hydrogen) atoms. The van der Waals surface area contributed by atoms with Gasteiger partial charge in [-0.05, 0) is 38.0 Å². The summed E-state index contributed by atoms with van der Waals surface area (Å²) in [5, 5.41) is 11.5. The molecule has 0 atom stereocenters. The largest absolute Gasteiger partial charge is 0.379 e. The summed E-state index contributed by atoms with van der Waals surface area (Å²) in [7, 11) is 0. The van der Waals surface area contributed by atoms with E-state index in [0.29, 0.717) is 12.1 Å². The molecule has 0 spiro atoms. The van der Waals surface area contributed by atoms with E-state index in [-0.39, 0.29) is 11.4 Å². The highest BCUT2D eigenvalue weighted by Gasteiger charge is 2.38. The first-order chi connectivity index (χ1) is 13.2. The van der Waals surface area contributed by atoms with Crippen LogP contribution in [0.4, 0.5) is 0 Å². The molecule has 1 saturated heterocycles. The zero-order chi connectivity index (χ0) is 18.7. The highest BCUT2D eigenvalue weighted by molar-refractivity contribution is 5.97. The van der Waals surface area contributed by atoms with Gasteiger partial charge in [0.1, 0.15) is 5.52 Å². The van der Waals surface area contributed by atoms with Crippen LogP contribution in [0.15, 0.2) is 18.2 Å². The van der Waals surface area contributed by atoms with E-state index in [4.69, 9.17) is 4.74 Å². The maximum absolute atomic E-state index is 12.8. The maximum Gasteiger partial charge on any atom is 0.251 e. The second-order valence-corrected chi connectivity index (χ2v) is 7.68. The third kappa shape index (κ3) is 3.71. The average molecular weight is 371 g/mol. The predicted octanol–water partition coefficient (Wildman–Crippen LogP) is 2.22. The Kier molecular flexibility index (Phi) is 5.41. The van der Waals surface area contributed by atoms with E-state index in [2.05, 4.69) is 20.5 Å². The number of benzene rings is 1. The normalized spacial score (nSPS) is 20.6. The summed E-state index contributed by atoms with van der Waals surface area (Å²) in [4.78, 5) is 15.4. The first-order valence-corrected chi connectivity index (χ1v) is 10.2. The molecular weight excluding hydrogens is 342 g/mol. The van der Waals surface area contributed by atoms with Crippen molar-refractivity contribution >= 4 is 16.9 Å². The third-order valence-corrected chi connectivity index (χ3v) is 6.12. The Morgan fingerprint density at radius 2 is 2.00 bits per heavy atom. The van der Waals surface area contributed by atoms with Gasteiger partial charge < -0.3 is 10.1 Å². The number of hydrogen-bond donors (Lipinski definition) is 1. The fourth-order valence-electron chi connectivity index (χ4n) is 4.55. The second kappa shape index (κ2) is 7.94. The first-order valence-electron chi connectivity index (χ1n) is 10.2. The molecule has 0 radical (unpaired) electrons. The zero-order valence-corrected chi connectivity index (χ0v) is 16.1. The van der Waals surface area contributed by atoms with Crippen molar-refractivity contribution in [3.63, 3.8) is 0 Å². The SMILES string of the molecule is CCn1nnc2cc(C(=O)NCC3(N4CCOCC4)CCCCC3)ccc21. The Morgan fingerprint density at radius 3 is 2.74 bits per heavy atom. The van der Waals surface area contributed by atoms with Gasteiger partial charge >= 0.3 is 0 Å². The number of rotatable bonds is 5. The molecule has 1 aromatic heterocycles. The van der Waals surface area contributed by atoms with Crippen molar-refractivity contribution < 1.29 is 9.53 Å². The molecule has 0 bridgehead atoms. The molecule has 2 aromatic rings. The van der Waals surface area contributed by atoms with Crippen LogP contribution in [-0.2, 0) is 11.3 Å². The molecular formula is C20H29N5O2. The van der Waals surface area contributed by atoms with E-state index in [1.165, 1.54) is 19.3 Å². The number of fused-ring (bicyclic) bond motifs is 1. The molecule has 0 unspecified atom stereocenters. The quantitative estimate of drug-likeness (QED) is 0.872. The summed E-state index contributed by atoms with van der Waals surface area (Å²) in [5.74, 6) is -0.0267. The molecule has 146 valence electrons. The fraction of sp³-hybridized carbons (Fsp3) is 0.650. The lowest BCUT2D eigenvalue weighted by Gasteiger charge is -2.48. The predicted molar refractivity (Wildman–Crippen MR) is 104 cm³/mol.